The zero-order chi connectivity index (χ0) is 19.9. The van der Waals surface area contributed by atoms with E-state index in [1.165, 1.54) is 4.88 Å². The number of aryl methyl sites for hydroxylation is 1. The third kappa shape index (κ3) is 3.79. The summed E-state index contributed by atoms with van der Waals surface area (Å²) in [6, 6.07) is 2.07. The second-order valence-electron chi connectivity index (χ2n) is 7.84. The molecule has 0 aromatic carbocycles. The summed E-state index contributed by atoms with van der Waals surface area (Å²) in [6.07, 6.45) is 3.53. The van der Waals surface area contributed by atoms with Gasteiger partial charge in [0.1, 0.15) is 5.78 Å². The van der Waals surface area contributed by atoms with Crippen LogP contribution in [-0.4, -0.2) is 18.4 Å². The van der Waals surface area contributed by atoms with Gasteiger partial charge in [0.25, 0.3) is 0 Å². The molecule has 2 heterocycles. The molecule has 3 rings (SSSR count). The van der Waals surface area contributed by atoms with Crippen LogP contribution in [0.2, 0.25) is 0 Å². The number of rotatable bonds is 4. The molecule has 2 aliphatic rings. The highest BCUT2D eigenvalue weighted by Gasteiger charge is 2.46. The number of halogens is 1. The summed E-state index contributed by atoms with van der Waals surface area (Å²) in [5.74, 6) is -0.836. The maximum Gasteiger partial charge on any atom is 0.336 e. The maximum atomic E-state index is 13.2. The molecule has 0 bridgehead atoms. The van der Waals surface area contributed by atoms with Crippen molar-refractivity contribution in [1.82, 2.24) is 5.32 Å². The molecule has 0 saturated heterocycles. The summed E-state index contributed by atoms with van der Waals surface area (Å²) in [5, 5.41) is 3.34. The smallest absolute Gasteiger partial charge is 0.336 e. The van der Waals surface area contributed by atoms with Crippen LogP contribution in [0.15, 0.2) is 33.6 Å². The largest absolute Gasteiger partial charge is 0.463 e. The van der Waals surface area contributed by atoms with Gasteiger partial charge in [-0.1, -0.05) is 26.8 Å². The number of allylic oxidation sites excluding steroid dienone is 3. The first-order valence-corrected chi connectivity index (χ1v) is 11.0. The molecular weight excluding hydrogens is 426 g/mol. The fraction of sp³-hybridized carbons (Fsp3) is 0.524. The van der Waals surface area contributed by atoms with E-state index in [0.29, 0.717) is 18.6 Å². The molecule has 6 heteroatoms. The minimum Gasteiger partial charge on any atom is -0.463 e. The van der Waals surface area contributed by atoms with Gasteiger partial charge in [-0.2, -0.15) is 0 Å². The molecule has 1 aromatic rings. The molecule has 0 saturated carbocycles. The van der Waals surface area contributed by atoms with E-state index in [4.69, 9.17) is 4.74 Å². The molecule has 0 fully saturated rings. The fourth-order valence-corrected chi connectivity index (χ4v) is 6.14. The number of ketones is 1. The van der Waals surface area contributed by atoms with Gasteiger partial charge in [0.15, 0.2) is 0 Å². The van der Waals surface area contributed by atoms with E-state index in [2.05, 4.69) is 54.2 Å². The van der Waals surface area contributed by atoms with E-state index in [-0.39, 0.29) is 29.0 Å². The number of Topliss-reactive ketones (excluding diaryl/α,β-unsaturated/α-hetero) is 1. The minimum absolute atomic E-state index is 0.173. The number of fused-ring (bicyclic) bond motifs is 1. The molecular formula is C21H26BrNO3S. The summed E-state index contributed by atoms with van der Waals surface area (Å²) in [5.41, 5.74) is 2.07. The third-order valence-corrected chi connectivity index (χ3v) is 7.47. The van der Waals surface area contributed by atoms with Gasteiger partial charge in [-0.15, -0.1) is 11.3 Å². The standard InChI is InChI=1S/C21H26BrNO3S/c1-6-15-12(22)8-16(27-15)19-17(20(25)26-7-2)11(3)23-13-9-21(4,5)10-14(24)18(13)19/h8-9,18-19,23H,6-7,10H2,1-5H3. The van der Waals surface area contributed by atoms with Crippen molar-refractivity contribution in [2.75, 3.05) is 6.61 Å². The molecule has 1 N–H and O–H groups in total. The monoisotopic (exact) mass is 451 g/mol. The van der Waals surface area contributed by atoms with E-state index >= 15 is 0 Å². The summed E-state index contributed by atoms with van der Waals surface area (Å²) in [4.78, 5) is 28.2. The van der Waals surface area contributed by atoms with E-state index in [1.807, 2.05) is 6.92 Å². The quantitative estimate of drug-likeness (QED) is 0.647. The van der Waals surface area contributed by atoms with Gasteiger partial charge in [-0.05, 0) is 47.7 Å². The summed E-state index contributed by atoms with van der Waals surface area (Å²) in [6.45, 7) is 10.3. The van der Waals surface area contributed by atoms with Crippen LogP contribution in [0, 0.1) is 11.3 Å². The SMILES string of the molecule is CCOC(=O)C1=C(C)NC2=CC(C)(C)CC(=O)C2C1c1cc(Br)c(CC)s1. The van der Waals surface area contributed by atoms with Crippen LogP contribution < -0.4 is 5.32 Å². The van der Waals surface area contributed by atoms with Crippen molar-refractivity contribution in [2.24, 2.45) is 11.3 Å². The van der Waals surface area contributed by atoms with E-state index in [9.17, 15) is 9.59 Å². The highest BCUT2D eigenvalue weighted by molar-refractivity contribution is 9.10. The van der Waals surface area contributed by atoms with E-state index < -0.39 is 0 Å². The number of hydrogen-bond donors (Lipinski definition) is 1. The van der Waals surface area contributed by atoms with Gasteiger partial charge < -0.3 is 10.1 Å². The minimum atomic E-state index is -0.364. The molecule has 0 spiro atoms. The lowest BCUT2D eigenvalue weighted by molar-refractivity contribution is -0.139. The van der Waals surface area contributed by atoms with Crippen molar-refractivity contribution in [1.29, 1.82) is 0 Å². The van der Waals surface area contributed by atoms with Crippen molar-refractivity contribution in [3.8, 4) is 0 Å². The van der Waals surface area contributed by atoms with Crippen molar-refractivity contribution in [3.63, 3.8) is 0 Å². The highest BCUT2D eigenvalue weighted by atomic mass is 79.9. The first kappa shape index (κ1) is 20.3. The zero-order valence-corrected chi connectivity index (χ0v) is 18.8. The molecule has 27 heavy (non-hydrogen) atoms. The lowest BCUT2D eigenvalue weighted by Crippen LogP contribution is -2.43. The molecule has 0 amide bonds. The molecule has 1 aliphatic carbocycles. The summed E-state index contributed by atoms with van der Waals surface area (Å²) < 4.78 is 6.39. The van der Waals surface area contributed by atoms with Crippen LogP contribution in [0.25, 0.3) is 0 Å². The normalized spacial score (nSPS) is 24.2. The second-order valence-corrected chi connectivity index (χ2v) is 9.87. The maximum absolute atomic E-state index is 13.2. The lowest BCUT2D eigenvalue weighted by atomic mass is 9.68. The number of hydrogen-bond acceptors (Lipinski definition) is 5. The van der Waals surface area contributed by atoms with Crippen molar-refractivity contribution in [3.05, 3.63) is 43.3 Å². The first-order valence-electron chi connectivity index (χ1n) is 9.37. The van der Waals surface area contributed by atoms with Crippen molar-refractivity contribution >= 4 is 39.0 Å². The molecule has 146 valence electrons. The van der Waals surface area contributed by atoms with E-state index in [1.54, 1.807) is 18.3 Å². The fourth-order valence-electron chi connectivity index (χ4n) is 4.07. The zero-order valence-electron chi connectivity index (χ0n) is 16.4. The molecule has 2 atom stereocenters. The number of esters is 1. The topological polar surface area (TPSA) is 55.4 Å². The number of nitrogens with one attached hydrogen (secondary N) is 1. The Morgan fingerprint density at radius 1 is 1.37 bits per heavy atom. The van der Waals surface area contributed by atoms with Gasteiger partial charge in [-0.25, -0.2) is 4.79 Å². The Kier molecular flexibility index (Phi) is 5.69. The molecule has 1 aromatic heterocycles. The van der Waals surface area contributed by atoms with Gasteiger partial charge >= 0.3 is 5.97 Å². The van der Waals surface area contributed by atoms with Crippen molar-refractivity contribution in [2.45, 2.75) is 53.4 Å². The molecule has 2 unspecified atom stereocenters. The molecule has 4 nitrogen and oxygen atoms in total. The lowest BCUT2D eigenvalue weighted by Gasteiger charge is -2.40. The summed E-state index contributed by atoms with van der Waals surface area (Å²) >= 11 is 5.30. The Bertz CT molecular complexity index is 850. The number of carbonyl (C=O) groups excluding carboxylic acids is 2. The highest BCUT2D eigenvalue weighted by Crippen LogP contribution is 2.49. The van der Waals surface area contributed by atoms with Crippen LogP contribution in [0.4, 0.5) is 0 Å². The predicted octanol–water partition coefficient (Wildman–Crippen LogP) is 5.10. The average molecular weight is 452 g/mol. The average Bonchev–Trinajstić information content (AvgIpc) is 2.93. The van der Waals surface area contributed by atoms with Crippen LogP contribution >= 0.6 is 27.3 Å². The summed E-state index contributed by atoms with van der Waals surface area (Å²) in [7, 11) is 0. The van der Waals surface area contributed by atoms with Gasteiger partial charge in [-0.3, -0.25) is 4.79 Å². The second kappa shape index (κ2) is 7.55. The van der Waals surface area contributed by atoms with Crippen LogP contribution in [0.5, 0.6) is 0 Å². The van der Waals surface area contributed by atoms with Crippen molar-refractivity contribution < 1.29 is 14.3 Å². The predicted molar refractivity (Wildman–Crippen MR) is 112 cm³/mol. The Balaban J connectivity index is 2.19. The number of ether oxygens (including phenoxy) is 1. The first-order chi connectivity index (χ1) is 12.7. The van der Waals surface area contributed by atoms with Gasteiger partial charge in [0.2, 0.25) is 0 Å². The third-order valence-electron chi connectivity index (χ3n) is 5.14. The van der Waals surface area contributed by atoms with Crippen LogP contribution in [-0.2, 0) is 20.7 Å². The Morgan fingerprint density at radius 3 is 2.67 bits per heavy atom. The van der Waals surface area contributed by atoms with Crippen LogP contribution in [0.1, 0.15) is 56.7 Å². The van der Waals surface area contributed by atoms with Gasteiger partial charge in [0.05, 0.1) is 18.1 Å². The van der Waals surface area contributed by atoms with E-state index in [0.717, 1.165) is 27.2 Å². The molecule has 1 aliphatic heterocycles. The number of carbonyl (C=O) groups is 2. The Morgan fingerprint density at radius 2 is 2.07 bits per heavy atom. The van der Waals surface area contributed by atoms with Crippen LogP contribution in [0.3, 0.4) is 0 Å². The Labute approximate surface area is 173 Å². The van der Waals surface area contributed by atoms with Gasteiger partial charge in [0, 0.05) is 38.0 Å². The number of thiophene rings is 1. The molecule has 0 radical (unpaired) electrons. The Hall–Kier alpha value is -1.40.